The van der Waals surface area contributed by atoms with Crippen LogP contribution in [0.5, 0.6) is 0 Å². The summed E-state index contributed by atoms with van der Waals surface area (Å²) in [6.45, 7) is 6.06. The van der Waals surface area contributed by atoms with Crippen molar-refractivity contribution >= 4 is 39.1 Å². The predicted octanol–water partition coefficient (Wildman–Crippen LogP) is 3.01. The molecule has 6 nitrogen and oxygen atoms in total. The first-order valence-corrected chi connectivity index (χ1v) is 10.0. The van der Waals surface area contributed by atoms with Crippen LogP contribution in [0.15, 0.2) is 33.7 Å². The van der Waals surface area contributed by atoms with E-state index in [1.165, 1.54) is 4.88 Å². The summed E-state index contributed by atoms with van der Waals surface area (Å²) in [6, 6.07) is 7.35. The van der Waals surface area contributed by atoms with E-state index in [1.807, 2.05) is 19.1 Å². The number of aliphatic imine (C=N–C) groups is 1. The average Bonchev–Trinajstić information content (AvgIpc) is 2.95. The minimum atomic E-state index is -0.0664. The number of rotatable bonds is 7. The molecule has 0 fully saturated rings. The van der Waals surface area contributed by atoms with Crippen molar-refractivity contribution in [1.82, 2.24) is 20.9 Å². The van der Waals surface area contributed by atoms with Crippen molar-refractivity contribution in [3.63, 3.8) is 0 Å². The standard InChI is InChI=1S/C18H24BrN5OS/c1-12-13(2)26-16(24-12)11-23-18(20-3)22-9-5-8-21-17(25)14-6-4-7-15(19)10-14/h4,6-7,10H,5,8-9,11H2,1-3H3,(H,21,25)(H2,20,22,23). The summed E-state index contributed by atoms with van der Waals surface area (Å²) in [5.41, 5.74) is 1.73. The number of thiazole rings is 1. The topological polar surface area (TPSA) is 78.4 Å². The number of aryl methyl sites for hydroxylation is 2. The molecule has 140 valence electrons. The lowest BCUT2D eigenvalue weighted by atomic mass is 10.2. The maximum absolute atomic E-state index is 12.0. The van der Waals surface area contributed by atoms with Gasteiger partial charge in [0.25, 0.3) is 5.91 Å². The Morgan fingerprint density at radius 3 is 2.65 bits per heavy atom. The van der Waals surface area contributed by atoms with Gasteiger partial charge in [-0.1, -0.05) is 22.0 Å². The predicted molar refractivity (Wildman–Crippen MR) is 111 cm³/mol. The van der Waals surface area contributed by atoms with Crippen molar-refractivity contribution in [3.05, 3.63) is 49.9 Å². The van der Waals surface area contributed by atoms with Crippen LogP contribution in [-0.4, -0.2) is 37.0 Å². The lowest BCUT2D eigenvalue weighted by Gasteiger charge is -2.11. The number of nitrogens with zero attached hydrogens (tertiary/aromatic N) is 2. The highest BCUT2D eigenvalue weighted by molar-refractivity contribution is 9.10. The van der Waals surface area contributed by atoms with Crippen LogP contribution in [0.3, 0.4) is 0 Å². The molecule has 0 atom stereocenters. The third kappa shape index (κ3) is 6.42. The molecule has 26 heavy (non-hydrogen) atoms. The lowest BCUT2D eigenvalue weighted by molar-refractivity contribution is 0.0953. The summed E-state index contributed by atoms with van der Waals surface area (Å²) < 4.78 is 0.896. The van der Waals surface area contributed by atoms with Gasteiger partial charge in [-0.05, 0) is 38.5 Å². The molecule has 0 bridgehead atoms. The molecule has 2 rings (SSSR count). The smallest absolute Gasteiger partial charge is 0.251 e. The highest BCUT2D eigenvalue weighted by Crippen LogP contribution is 2.15. The third-order valence-corrected chi connectivity index (χ3v) is 5.29. The number of benzene rings is 1. The van der Waals surface area contributed by atoms with Crippen molar-refractivity contribution in [1.29, 1.82) is 0 Å². The molecular formula is C18H24BrN5OS. The van der Waals surface area contributed by atoms with E-state index >= 15 is 0 Å². The zero-order valence-electron chi connectivity index (χ0n) is 15.2. The van der Waals surface area contributed by atoms with Crippen LogP contribution in [0.2, 0.25) is 0 Å². The molecule has 0 unspecified atom stereocenters. The van der Waals surface area contributed by atoms with Crippen molar-refractivity contribution in [2.75, 3.05) is 20.1 Å². The SMILES string of the molecule is CN=C(NCCCNC(=O)c1cccc(Br)c1)NCc1nc(C)c(C)s1. The monoisotopic (exact) mass is 437 g/mol. The van der Waals surface area contributed by atoms with Crippen molar-refractivity contribution in [2.45, 2.75) is 26.8 Å². The van der Waals surface area contributed by atoms with Gasteiger partial charge in [0.05, 0.1) is 12.2 Å². The fourth-order valence-electron chi connectivity index (χ4n) is 2.22. The van der Waals surface area contributed by atoms with Crippen LogP contribution < -0.4 is 16.0 Å². The molecule has 1 amide bonds. The highest BCUT2D eigenvalue weighted by Gasteiger charge is 2.06. The van der Waals surface area contributed by atoms with Gasteiger partial charge in [-0.25, -0.2) is 4.98 Å². The number of hydrogen-bond acceptors (Lipinski definition) is 4. The number of carbonyl (C=O) groups excluding carboxylic acids is 1. The second-order valence-electron chi connectivity index (χ2n) is 5.72. The molecule has 1 heterocycles. The largest absolute Gasteiger partial charge is 0.356 e. The molecule has 0 radical (unpaired) electrons. The summed E-state index contributed by atoms with van der Waals surface area (Å²) in [5, 5.41) is 10.5. The number of nitrogens with one attached hydrogen (secondary N) is 3. The van der Waals surface area contributed by atoms with E-state index in [0.29, 0.717) is 25.2 Å². The number of guanidine groups is 1. The van der Waals surface area contributed by atoms with Crippen molar-refractivity contribution in [2.24, 2.45) is 4.99 Å². The zero-order valence-corrected chi connectivity index (χ0v) is 17.6. The Kier molecular flexibility index (Phi) is 8.06. The van der Waals surface area contributed by atoms with E-state index in [9.17, 15) is 4.79 Å². The Hall–Kier alpha value is -1.93. The summed E-state index contributed by atoms with van der Waals surface area (Å²) in [6.07, 6.45) is 0.801. The highest BCUT2D eigenvalue weighted by atomic mass is 79.9. The number of hydrogen-bond donors (Lipinski definition) is 3. The molecule has 0 saturated carbocycles. The molecule has 0 aliphatic carbocycles. The van der Waals surface area contributed by atoms with Gasteiger partial charge in [0.2, 0.25) is 0 Å². The molecular weight excluding hydrogens is 414 g/mol. The Bertz CT molecular complexity index is 755. The number of aromatic nitrogens is 1. The zero-order chi connectivity index (χ0) is 18.9. The quantitative estimate of drug-likeness (QED) is 0.353. The summed E-state index contributed by atoms with van der Waals surface area (Å²) >= 11 is 5.06. The Morgan fingerprint density at radius 1 is 1.23 bits per heavy atom. The Morgan fingerprint density at radius 2 is 2.00 bits per heavy atom. The molecule has 0 saturated heterocycles. The molecule has 3 N–H and O–H groups in total. The average molecular weight is 438 g/mol. The summed E-state index contributed by atoms with van der Waals surface area (Å²) in [5.74, 6) is 0.664. The molecule has 0 aliphatic rings. The van der Waals surface area contributed by atoms with Crippen LogP contribution in [0.4, 0.5) is 0 Å². The fraction of sp³-hybridized carbons (Fsp3) is 0.389. The van der Waals surface area contributed by atoms with Crippen molar-refractivity contribution < 1.29 is 4.79 Å². The Balaban J connectivity index is 1.65. The minimum absolute atomic E-state index is 0.0664. The van der Waals surface area contributed by atoms with Crippen molar-refractivity contribution in [3.8, 4) is 0 Å². The molecule has 0 aliphatic heterocycles. The first-order chi connectivity index (χ1) is 12.5. The molecule has 1 aromatic heterocycles. The molecule has 0 spiro atoms. The lowest BCUT2D eigenvalue weighted by Crippen LogP contribution is -2.38. The molecule has 1 aromatic carbocycles. The number of halogens is 1. The van der Waals surface area contributed by atoms with Gasteiger partial charge in [-0.2, -0.15) is 0 Å². The van der Waals surface area contributed by atoms with E-state index < -0.39 is 0 Å². The van der Waals surface area contributed by atoms with E-state index in [2.05, 4.69) is 48.8 Å². The minimum Gasteiger partial charge on any atom is -0.356 e. The number of amides is 1. The van der Waals surface area contributed by atoms with Gasteiger partial charge < -0.3 is 16.0 Å². The second kappa shape index (κ2) is 10.3. The number of carbonyl (C=O) groups is 1. The van der Waals surface area contributed by atoms with Gasteiger partial charge >= 0.3 is 0 Å². The normalized spacial score (nSPS) is 11.3. The maximum Gasteiger partial charge on any atom is 0.251 e. The van der Waals surface area contributed by atoms with Gasteiger partial charge in [-0.15, -0.1) is 11.3 Å². The van der Waals surface area contributed by atoms with Gasteiger partial charge in [-0.3, -0.25) is 9.79 Å². The third-order valence-electron chi connectivity index (χ3n) is 3.72. The Labute approximate surface area is 166 Å². The van der Waals surface area contributed by atoms with Crippen LogP contribution >= 0.6 is 27.3 Å². The van der Waals surface area contributed by atoms with E-state index in [0.717, 1.165) is 27.6 Å². The van der Waals surface area contributed by atoms with Crippen LogP contribution in [-0.2, 0) is 6.54 Å². The summed E-state index contributed by atoms with van der Waals surface area (Å²) in [4.78, 5) is 22.0. The van der Waals surface area contributed by atoms with Crippen LogP contribution in [0, 0.1) is 13.8 Å². The van der Waals surface area contributed by atoms with Gasteiger partial charge in [0.15, 0.2) is 5.96 Å². The van der Waals surface area contributed by atoms with E-state index in [-0.39, 0.29) is 5.91 Å². The van der Waals surface area contributed by atoms with Gasteiger partial charge in [0.1, 0.15) is 5.01 Å². The van der Waals surface area contributed by atoms with E-state index in [4.69, 9.17) is 0 Å². The first kappa shape index (κ1) is 20.4. The molecule has 8 heteroatoms. The molecule has 2 aromatic rings. The van der Waals surface area contributed by atoms with Crippen LogP contribution in [0.25, 0.3) is 0 Å². The van der Waals surface area contributed by atoms with E-state index in [1.54, 1.807) is 30.5 Å². The first-order valence-electron chi connectivity index (χ1n) is 8.40. The van der Waals surface area contributed by atoms with Crippen LogP contribution in [0.1, 0.15) is 32.4 Å². The maximum atomic E-state index is 12.0. The summed E-state index contributed by atoms with van der Waals surface area (Å²) in [7, 11) is 1.74. The fourth-order valence-corrected chi connectivity index (χ4v) is 3.50. The van der Waals surface area contributed by atoms with Gasteiger partial charge in [0, 0.05) is 35.1 Å². The second-order valence-corrected chi connectivity index (χ2v) is 7.92.